The van der Waals surface area contributed by atoms with Crippen LogP contribution in [-0.4, -0.2) is 0 Å². The minimum atomic E-state index is 0.846. The maximum absolute atomic E-state index is 6.64. The molecule has 0 bridgehead atoms. The Morgan fingerprint density at radius 2 is 0.867 bits per heavy atom. The smallest absolute Gasteiger partial charge is 0.151 e. The summed E-state index contributed by atoms with van der Waals surface area (Å²) < 4.78 is 13.1. The quantitative estimate of drug-likeness (QED) is 0.166. The van der Waals surface area contributed by atoms with Gasteiger partial charge in [-0.05, 0) is 192 Å². The number of rotatable bonds is 4. The van der Waals surface area contributed by atoms with Gasteiger partial charge in [0.2, 0.25) is 0 Å². The molecule has 2 aliphatic heterocycles. The van der Waals surface area contributed by atoms with Gasteiger partial charge in [0, 0.05) is 24.2 Å². The molecule has 4 aliphatic rings. The topological polar surface area (TPSA) is 24.9 Å². The van der Waals surface area contributed by atoms with Crippen molar-refractivity contribution in [3.05, 3.63) is 190 Å². The van der Waals surface area contributed by atoms with Crippen LogP contribution in [0.2, 0.25) is 0 Å². The number of benzene rings is 7. The van der Waals surface area contributed by atoms with Crippen LogP contribution in [0.3, 0.4) is 0 Å². The highest BCUT2D eigenvalue weighted by Crippen LogP contribution is 2.53. The molecule has 11 rings (SSSR count). The highest BCUT2D eigenvalue weighted by molar-refractivity contribution is 6.22. The fraction of sp³-hybridized carbons (Fsp3) is 0.179. The number of para-hydroxylation sites is 4. The monoisotopic (exact) mass is 780 g/mol. The van der Waals surface area contributed by atoms with Gasteiger partial charge in [-0.2, -0.15) is 0 Å². The molecule has 0 N–H and O–H groups in total. The first-order chi connectivity index (χ1) is 29.2. The molecule has 2 heterocycles. The molecule has 0 saturated heterocycles. The van der Waals surface area contributed by atoms with Gasteiger partial charge in [0.05, 0.1) is 22.8 Å². The maximum atomic E-state index is 6.64. The molecule has 2 aliphatic carbocycles. The van der Waals surface area contributed by atoms with Gasteiger partial charge in [0.1, 0.15) is 11.5 Å². The molecule has 294 valence electrons. The molecule has 7 aromatic carbocycles. The van der Waals surface area contributed by atoms with Crippen LogP contribution in [0.25, 0.3) is 43.8 Å². The van der Waals surface area contributed by atoms with Gasteiger partial charge in [-0.1, -0.05) is 72.8 Å². The molecule has 0 spiro atoms. The minimum Gasteiger partial charge on any atom is -0.462 e. The number of allylic oxidation sites excluding steroid dienone is 6. The first-order valence-electron chi connectivity index (χ1n) is 21.4. The minimum absolute atomic E-state index is 0.846. The van der Waals surface area contributed by atoms with E-state index in [1.165, 1.54) is 77.2 Å². The van der Waals surface area contributed by atoms with Crippen LogP contribution in [0.4, 0.5) is 22.7 Å². The molecular formula is C56H48N2O2. The lowest BCUT2D eigenvalue weighted by atomic mass is 9.83. The zero-order valence-corrected chi connectivity index (χ0v) is 35.2. The van der Waals surface area contributed by atoms with Crippen molar-refractivity contribution in [3.63, 3.8) is 0 Å². The Morgan fingerprint density at radius 3 is 1.33 bits per heavy atom. The lowest BCUT2D eigenvalue weighted by Gasteiger charge is -2.37. The first kappa shape index (κ1) is 36.3. The van der Waals surface area contributed by atoms with E-state index in [9.17, 15) is 0 Å². The van der Waals surface area contributed by atoms with Crippen LogP contribution in [0.5, 0.6) is 11.5 Å². The molecule has 0 aromatic heterocycles. The Morgan fingerprint density at radius 1 is 0.433 bits per heavy atom. The lowest BCUT2D eigenvalue weighted by molar-refractivity contribution is 0.258. The van der Waals surface area contributed by atoms with Crippen LogP contribution >= 0.6 is 0 Å². The zero-order chi connectivity index (χ0) is 40.8. The van der Waals surface area contributed by atoms with Gasteiger partial charge in [0.25, 0.3) is 0 Å². The van der Waals surface area contributed by atoms with Gasteiger partial charge in [-0.15, -0.1) is 0 Å². The standard InChI is InChI=1S/C56H48N2O2/c1-33-27-39(28-34(2)37(33)5)55-43-25-23-42(58-49-17-9-13-21-53(49)60-54-22-14-10-18-50(54)58)32-46(43)56(40-29-35(3)38(6)36(4)30-40)44-26-24-41(31-45(44)55)57-47-15-7-11-19-51(47)59-52-20-12-8-16-48(52)57/h7-12,15-20,23-32H,13-14,21-22H2,1-6H3. The zero-order valence-electron chi connectivity index (χ0n) is 35.2. The Bertz CT molecular complexity index is 2990. The van der Waals surface area contributed by atoms with Crippen LogP contribution < -0.4 is 14.5 Å². The number of fused-ring (bicyclic) bond motifs is 4. The summed E-state index contributed by atoms with van der Waals surface area (Å²) in [6.45, 7) is 13.5. The summed E-state index contributed by atoms with van der Waals surface area (Å²) in [6.07, 6.45) is 12.9. The Kier molecular flexibility index (Phi) is 8.42. The molecular weight excluding hydrogens is 733 g/mol. The third-order valence-corrected chi connectivity index (χ3v) is 13.4. The molecule has 4 heteroatoms. The highest BCUT2D eigenvalue weighted by atomic mass is 16.5. The van der Waals surface area contributed by atoms with E-state index >= 15 is 0 Å². The van der Waals surface area contributed by atoms with Gasteiger partial charge < -0.3 is 19.3 Å². The summed E-state index contributed by atoms with van der Waals surface area (Å²) in [4.78, 5) is 4.81. The Balaban J connectivity index is 1.26. The summed E-state index contributed by atoms with van der Waals surface area (Å²) in [7, 11) is 0. The largest absolute Gasteiger partial charge is 0.462 e. The van der Waals surface area contributed by atoms with Crippen LogP contribution in [-0.2, 0) is 4.74 Å². The summed E-state index contributed by atoms with van der Waals surface area (Å²) in [5, 5.41) is 4.91. The third-order valence-electron chi connectivity index (χ3n) is 13.4. The molecule has 0 radical (unpaired) electrons. The van der Waals surface area contributed by atoms with Gasteiger partial charge in [-0.3, -0.25) is 0 Å². The van der Waals surface area contributed by atoms with Crippen LogP contribution in [0.15, 0.2) is 156 Å². The van der Waals surface area contributed by atoms with Crippen molar-refractivity contribution in [3.8, 4) is 33.8 Å². The SMILES string of the molecule is Cc1cc(-c2c3ccc(N4c5ccccc5Oc5ccccc54)cc3c(-c3cc(C)c(C)c(C)c3)c3ccc(N4C5=C(CCC=C5)OC5=C4C=CCC5)cc23)cc(C)c1C. The predicted octanol–water partition coefficient (Wildman–Crippen LogP) is 15.7. The van der Waals surface area contributed by atoms with Crippen LogP contribution in [0, 0.1) is 41.5 Å². The van der Waals surface area contributed by atoms with Gasteiger partial charge >= 0.3 is 0 Å². The Labute approximate surface area is 353 Å². The molecule has 0 unspecified atom stereocenters. The highest BCUT2D eigenvalue weighted by Gasteiger charge is 2.32. The average Bonchev–Trinajstić information content (AvgIpc) is 3.26. The summed E-state index contributed by atoms with van der Waals surface area (Å²) in [5.74, 6) is 3.83. The second-order valence-corrected chi connectivity index (χ2v) is 17.0. The fourth-order valence-electron chi connectivity index (χ4n) is 9.87. The van der Waals surface area contributed by atoms with Crippen molar-refractivity contribution >= 4 is 44.3 Å². The van der Waals surface area contributed by atoms with Gasteiger partial charge in [-0.25, -0.2) is 0 Å². The second-order valence-electron chi connectivity index (χ2n) is 17.0. The number of hydrogen-bond donors (Lipinski definition) is 0. The molecule has 0 fully saturated rings. The van der Waals surface area contributed by atoms with Gasteiger partial charge in [0.15, 0.2) is 11.5 Å². The molecule has 0 saturated carbocycles. The van der Waals surface area contributed by atoms with Crippen LogP contribution in [0.1, 0.15) is 59.1 Å². The Hall–Kier alpha value is -6.78. The molecule has 4 nitrogen and oxygen atoms in total. The molecule has 0 atom stereocenters. The van der Waals surface area contributed by atoms with E-state index in [-0.39, 0.29) is 0 Å². The van der Waals surface area contributed by atoms with E-state index in [0.717, 1.165) is 82.8 Å². The van der Waals surface area contributed by atoms with Crippen molar-refractivity contribution in [1.82, 2.24) is 0 Å². The van der Waals surface area contributed by atoms with Crippen molar-refractivity contribution < 1.29 is 9.47 Å². The van der Waals surface area contributed by atoms with Crippen molar-refractivity contribution in [2.45, 2.75) is 67.2 Å². The molecule has 60 heavy (non-hydrogen) atoms. The van der Waals surface area contributed by atoms with E-state index in [0.29, 0.717) is 0 Å². The summed E-state index contributed by atoms with van der Waals surface area (Å²) in [6, 6.07) is 40.6. The second kappa shape index (κ2) is 13.9. The summed E-state index contributed by atoms with van der Waals surface area (Å²) >= 11 is 0. The number of ether oxygens (including phenoxy) is 2. The van der Waals surface area contributed by atoms with Crippen molar-refractivity contribution in [2.24, 2.45) is 0 Å². The maximum Gasteiger partial charge on any atom is 0.151 e. The number of aryl methyl sites for hydroxylation is 4. The summed E-state index contributed by atoms with van der Waals surface area (Å²) in [5.41, 5.74) is 19.4. The lowest BCUT2D eigenvalue weighted by Crippen LogP contribution is -2.29. The van der Waals surface area contributed by atoms with E-state index < -0.39 is 0 Å². The van der Waals surface area contributed by atoms with E-state index in [2.05, 4.69) is 173 Å². The van der Waals surface area contributed by atoms with E-state index in [1.807, 2.05) is 12.1 Å². The molecule has 7 aromatic rings. The predicted molar refractivity (Wildman–Crippen MR) is 250 cm³/mol. The van der Waals surface area contributed by atoms with E-state index in [1.54, 1.807) is 0 Å². The van der Waals surface area contributed by atoms with E-state index in [4.69, 9.17) is 9.47 Å². The van der Waals surface area contributed by atoms with Crippen molar-refractivity contribution in [1.29, 1.82) is 0 Å². The number of nitrogens with zero attached hydrogens (tertiary/aromatic N) is 2. The third kappa shape index (κ3) is 5.65. The average molecular weight is 781 g/mol. The number of hydrogen-bond acceptors (Lipinski definition) is 4. The first-order valence-corrected chi connectivity index (χ1v) is 21.4. The normalized spacial score (nSPS) is 15.5. The number of anilines is 4. The molecule has 0 amide bonds. The van der Waals surface area contributed by atoms with Crippen molar-refractivity contribution in [2.75, 3.05) is 9.80 Å². The fourth-order valence-corrected chi connectivity index (χ4v) is 9.87.